The van der Waals surface area contributed by atoms with Gasteiger partial charge in [-0.25, -0.2) is 0 Å². The molecule has 0 saturated heterocycles. The van der Waals surface area contributed by atoms with Crippen molar-refractivity contribution >= 4 is 16.5 Å². The van der Waals surface area contributed by atoms with E-state index in [1.54, 1.807) is 0 Å². The van der Waals surface area contributed by atoms with Crippen LogP contribution in [0.4, 0.5) is 0 Å². The molecule has 2 heteroatoms. The summed E-state index contributed by atoms with van der Waals surface area (Å²) in [5.74, 6) is 0. The third kappa shape index (κ3) is 22.9. The molecule has 24 valence electrons. The Morgan fingerprint density at radius 1 is 1.50 bits per heavy atom. The zero-order valence-corrected chi connectivity index (χ0v) is 5.45. The molecule has 0 aliphatic carbocycles. The van der Waals surface area contributed by atoms with E-state index in [1.165, 1.54) is 16.5 Å². The highest BCUT2D eigenvalue weighted by atomic mass is 27.1. The molecular formula is C2H8AlN. The standard InChI is InChI=1S/C2H6N.Al.2H/c1-3-2;;;/h1-2H3;;;/q-1;+1;;. The van der Waals surface area contributed by atoms with Crippen LogP contribution in [-0.4, -0.2) is 34.5 Å². The van der Waals surface area contributed by atoms with Gasteiger partial charge in [0.05, 0.1) is 0 Å². The second kappa shape index (κ2) is 1.78. The van der Waals surface area contributed by atoms with Gasteiger partial charge in [0.15, 0.2) is 0 Å². The van der Waals surface area contributed by atoms with Gasteiger partial charge in [0.1, 0.15) is 0 Å². The molecule has 1 nitrogen and oxygen atoms in total. The monoisotopic (exact) mass is 73.0 g/mol. The molecule has 0 N–H and O–H groups in total. The molecule has 0 aliphatic rings. The summed E-state index contributed by atoms with van der Waals surface area (Å²) >= 11 is 1.18. The Morgan fingerprint density at radius 2 is 1.50 bits per heavy atom. The van der Waals surface area contributed by atoms with Crippen LogP contribution in [0.1, 0.15) is 0 Å². The Kier molecular flexibility index (Phi) is 2.00. The van der Waals surface area contributed by atoms with Crippen LogP contribution >= 0.6 is 0 Å². The summed E-state index contributed by atoms with van der Waals surface area (Å²) in [6, 6.07) is 0. The molecule has 0 fully saturated rings. The van der Waals surface area contributed by atoms with E-state index in [9.17, 15) is 0 Å². The van der Waals surface area contributed by atoms with E-state index in [0.29, 0.717) is 0 Å². The highest BCUT2D eigenvalue weighted by Gasteiger charge is 1.61. The average molecular weight is 73.1 g/mol. The second-order valence-corrected chi connectivity index (χ2v) is 3.13. The lowest BCUT2D eigenvalue weighted by molar-refractivity contribution is 0.679. The highest BCUT2D eigenvalue weighted by Crippen LogP contribution is 1.44. The average Bonchev–Trinajstić information content (AvgIpc) is 0.811. The van der Waals surface area contributed by atoms with Crippen LogP contribution in [-0.2, 0) is 0 Å². The van der Waals surface area contributed by atoms with Gasteiger partial charge >= 0.3 is 16.5 Å². The first-order valence-corrected chi connectivity index (χ1v) is 2.24. The van der Waals surface area contributed by atoms with Crippen LogP contribution in [0.15, 0.2) is 0 Å². The Bertz CT molecular complexity index is 10.8. The lowest BCUT2D eigenvalue weighted by Gasteiger charge is -1.91. The van der Waals surface area contributed by atoms with Crippen LogP contribution in [0.25, 0.3) is 0 Å². The second-order valence-electron chi connectivity index (χ2n) is 1.34. The van der Waals surface area contributed by atoms with Crippen molar-refractivity contribution in [3.8, 4) is 0 Å². The summed E-state index contributed by atoms with van der Waals surface area (Å²) in [4.78, 5) is 0. The molecule has 4 heavy (non-hydrogen) atoms. The third-order valence-corrected chi connectivity index (χ3v) is 0. The zero-order valence-electron chi connectivity index (χ0n) is 3.45. The molecule has 0 bridgehead atoms. The molecular weight excluding hydrogens is 65.0 g/mol. The quantitative estimate of drug-likeness (QED) is 0.336. The molecule has 0 unspecified atom stereocenters. The number of hydrogen-bond donors (Lipinski definition) is 0. The minimum atomic E-state index is 1.18. The van der Waals surface area contributed by atoms with E-state index in [4.69, 9.17) is 0 Å². The largest absolute Gasteiger partial charge is 0.396 e. The molecule has 0 saturated carbocycles. The fraction of sp³-hybridized carbons (Fsp3) is 1.00. The summed E-state index contributed by atoms with van der Waals surface area (Å²) in [7, 11) is 4.12. The fourth-order valence-corrected chi connectivity index (χ4v) is 0. The van der Waals surface area contributed by atoms with Gasteiger partial charge in [-0.05, 0) is 14.1 Å². The van der Waals surface area contributed by atoms with E-state index in [-0.39, 0.29) is 0 Å². The Balaban J connectivity index is 2.32. The molecule has 0 aliphatic heterocycles. The lowest BCUT2D eigenvalue weighted by Crippen LogP contribution is -2.02. The first kappa shape index (κ1) is 4.49. The summed E-state index contributed by atoms with van der Waals surface area (Å²) < 4.78 is 2.14. The minimum absolute atomic E-state index is 1.18. The van der Waals surface area contributed by atoms with Gasteiger partial charge in [0.2, 0.25) is 0 Å². The maximum Gasteiger partial charge on any atom is 0.321 e. The maximum atomic E-state index is 2.14. The summed E-state index contributed by atoms with van der Waals surface area (Å²) in [6.45, 7) is 0. The summed E-state index contributed by atoms with van der Waals surface area (Å²) in [6.07, 6.45) is 0. The predicted octanol–water partition coefficient (Wildman–Crippen LogP) is -0.904. The molecule has 0 rings (SSSR count). The SMILES string of the molecule is C[N](C)[AlH2]. The van der Waals surface area contributed by atoms with Gasteiger partial charge in [0.25, 0.3) is 0 Å². The number of nitrogens with zero attached hydrogens (tertiary/aromatic N) is 1. The van der Waals surface area contributed by atoms with Crippen molar-refractivity contribution in [2.45, 2.75) is 0 Å². The van der Waals surface area contributed by atoms with Crippen molar-refractivity contribution in [2.75, 3.05) is 14.1 Å². The Morgan fingerprint density at radius 3 is 1.50 bits per heavy atom. The van der Waals surface area contributed by atoms with Gasteiger partial charge in [-0.2, -0.15) is 0 Å². The van der Waals surface area contributed by atoms with E-state index in [2.05, 4.69) is 18.0 Å². The van der Waals surface area contributed by atoms with Crippen molar-refractivity contribution in [2.24, 2.45) is 0 Å². The Labute approximate surface area is 35.2 Å². The first-order chi connectivity index (χ1) is 1.73. The van der Waals surface area contributed by atoms with Crippen molar-refractivity contribution in [3.63, 3.8) is 0 Å². The normalized spacial score (nSPS) is 8.75. The van der Waals surface area contributed by atoms with Crippen molar-refractivity contribution in [3.05, 3.63) is 0 Å². The molecule has 0 atom stereocenters. The van der Waals surface area contributed by atoms with Gasteiger partial charge in [-0.1, -0.05) is 0 Å². The van der Waals surface area contributed by atoms with E-state index in [0.717, 1.165) is 0 Å². The molecule has 0 spiro atoms. The van der Waals surface area contributed by atoms with Crippen LogP contribution < -0.4 is 0 Å². The Hall–Kier alpha value is 0.492. The van der Waals surface area contributed by atoms with E-state index in [1.807, 2.05) is 0 Å². The molecule has 0 aromatic rings. The van der Waals surface area contributed by atoms with Crippen LogP contribution in [0.2, 0.25) is 0 Å². The van der Waals surface area contributed by atoms with Crippen molar-refractivity contribution < 1.29 is 0 Å². The summed E-state index contributed by atoms with van der Waals surface area (Å²) in [5.41, 5.74) is 0. The number of rotatable bonds is 0. The fourth-order valence-electron chi connectivity index (χ4n) is 0. The molecule has 0 heterocycles. The summed E-state index contributed by atoms with van der Waals surface area (Å²) in [5, 5.41) is 0. The van der Waals surface area contributed by atoms with Gasteiger partial charge in [-0.15, -0.1) is 0 Å². The topological polar surface area (TPSA) is 3.24 Å². The molecule has 0 radical (unpaired) electrons. The van der Waals surface area contributed by atoms with Gasteiger partial charge < -0.3 is 3.88 Å². The lowest BCUT2D eigenvalue weighted by atomic mass is 11.3. The molecule has 0 amide bonds. The predicted molar refractivity (Wildman–Crippen MR) is 22.2 cm³/mol. The van der Waals surface area contributed by atoms with Crippen LogP contribution in [0, 0.1) is 0 Å². The van der Waals surface area contributed by atoms with E-state index < -0.39 is 0 Å². The van der Waals surface area contributed by atoms with E-state index >= 15 is 0 Å². The smallest absolute Gasteiger partial charge is 0.321 e. The molecule has 0 aromatic heterocycles. The minimum Gasteiger partial charge on any atom is -0.396 e. The molecule has 0 aromatic carbocycles. The van der Waals surface area contributed by atoms with Crippen molar-refractivity contribution in [1.82, 2.24) is 3.88 Å². The van der Waals surface area contributed by atoms with Gasteiger partial charge in [-0.3, -0.25) is 0 Å². The van der Waals surface area contributed by atoms with Crippen molar-refractivity contribution in [1.29, 1.82) is 0 Å². The van der Waals surface area contributed by atoms with Gasteiger partial charge in [0, 0.05) is 0 Å². The maximum absolute atomic E-state index is 2.14. The van der Waals surface area contributed by atoms with Crippen LogP contribution in [0.5, 0.6) is 0 Å². The number of hydrogen-bond acceptors (Lipinski definition) is 1. The third-order valence-electron chi connectivity index (χ3n) is 0. The zero-order chi connectivity index (χ0) is 3.58. The highest BCUT2D eigenvalue weighted by molar-refractivity contribution is 6.03. The van der Waals surface area contributed by atoms with Crippen LogP contribution in [0.3, 0.4) is 0 Å². The first-order valence-electron chi connectivity index (χ1n) is 1.34.